The first-order chi connectivity index (χ1) is 12.8. The third-order valence-electron chi connectivity index (χ3n) is 3.71. The van der Waals surface area contributed by atoms with E-state index in [2.05, 4.69) is 5.32 Å². The first-order valence-electron chi connectivity index (χ1n) is 8.52. The fourth-order valence-electron chi connectivity index (χ4n) is 2.50. The van der Waals surface area contributed by atoms with E-state index in [4.69, 9.17) is 25.8 Å². The van der Waals surface area contributed by atoms with E-state index in [0.29, 0.717) is 16.5 Å². The van der Waals surface area contributed by atoms with Gasteiger partial charge in [0.25, 0.3) is 0 Å². The molecule has 6 heteroatoms. The minimum absolute atomic E-state index is 0.0982. The van der Waals surface area contributed by atoms with Gasteiger partial charge in [-0.2, -0.15) is 0 Å². The lowest BCUT2D eigenvalue weighted by atomic mass is 10.1. The molecule has 0 spiro atoms. The third kappa shape index (κ3) is 5.66. The van der Waals surface area contributed by atoms with Crippen molar-refractivity contribution in [3.63, 3.8) is 0 Å². The number of benzene rings is 2. The van der Waals surface area contributed by atoms with Gasteiger partial charge in [-0.1, -0.05) is 11.6 Å². The first-order valence-corrected chi connectivity index (χ1v) is 8.89. The molecule has 0 bridgehead atoms. The van der Waals surface area contributed by atoms with Crippen LogP contribution in [-0.4, -0.2) is 26.2 Å². The van der Waals surface area contributed by atoms with Gasteiger partial charge in [0.05, 0.1) is 25.3 Å². The summed E-state index contributed by atoms with van der Waals surface area (Å²) in [5.41, 5.74) is 2.38. The van der Waals surface area contributed by atoms with Gasteiger partial charge in [-0.3, -0.25) is 4.79 Å². The maximum absolute atomic E-state index is 12.2. The van der Waals surface area contributed by atoms with Crippen molar-refractivity contribution in [3.8, 4) is 17.2 Å². The summed E-state index contributed by atoms with van der Waals surface area (Å²) in [6.07, 6.45) is 3.20. The van der Waals surface area contributed by atoms with Gasteiger partial charge in [-0.15, -0.1) is 0 Å². The van der Waals surface area contributed by atoms with Crippen LogP contribution in [0, 0.1) is 6.92 Å². The molecule has 0 radical (unpaired) electrons. The van der Waals surface area contributed by atoms with Crippen LogP contribution in [0.25, 0.3) is 6.08 Å². The van der Waals surface area contributed by atoms with E-state index in [9.17, 15) is 4.79 Å². The number of rotatable bonds is 7. The number of carbonyl (C=O) groups is 1. The molecular weight excluding hydrogens is 366 g/mol. The number of carbonyl (C=O) groups excluding carboxylic acids is 1. The highest BCUT2D eigenvalue weighted by molar-refractivity contribution is 6.32. The molecule has 0 aliphatic heterocycles. The van der Waals surface area contributed by atoms with Crippen molar-refractivity contribution in [1.82, 2.24) is 0 Å². The molecule has 2 aromatic rings. The summed E-state index contributed by atoms with van der Waals surface area (Å²) in [6, 6.07) is 9.01. The molecule has 0 aliphatic rings. The standard InChI is InChI=1S/C21H24ClNO4/c1-13(2)27-16-7-8-18(14(3)10-16)23-20(24)9-6-15-11-17(22)21(26-5)19(12-15)25-4/h6-13H,1-5H3,(H,23,24). The minimum Gasteiger partial charge on any atom is -0.493 e. The summed E-state index contributed by atoms with van der Waals surface area (Å²) in [5, 5.41) is 3.27. The van der Waals surface area contributed by atoms with E-state index in [0.717, 1.165) is 22.6 Å². The molecule has 2 rings (SSSR count). The first kappa shape index (κ1) is 20.6. The molecule has 0 unspecified atom stereocenters. The van der Waals surface area contributed by atoms with Crippen molar-refractivity contribution in [2.75, 3.05) is 19.5 Å². The van der Waals surface area contributed by atoms with Gasteiger partial charge in [0.2, 0.25) is 5.91 Å². The van der Waals surface area contributed by atoms with Gasteiger partial charge < -0.3 is 19.5 Å². The third-order valence-corrected chi connectivity index (χ3v) is 3.99. The van der Waals surface area contributed by atoms with Gasteiger partial charge in [0, 0.05) is 11.8 Å². The quantitative estimate of drug-likeness (QED) is 0.669. The van der Waals surface area contributed by atoms with E-state index in [-0.39, 0.29) is 12.0 Å². The fraction of sp³-hybridized carbons (Fsp3) is 0.286. The SMILES string of the molecule is COc1cc(C=CC(=O)Nc2ccc(OC(C)C)cc2C)cc(Cl)c1OC. The van der Waals surface area contributed by atoms with Crippen LogP contribution in [0.1, 0.15) is 25.0 Å². The predicted molar refractivity (Wildman–Crippen MR) is 109 cm³/mol. The zero-order chi connectivity index (χ0) is 20.0. The molecule has 0 aliphatic carbocycles. The Kier molecular flexibility index (Phi) is 7.13. The number of amides is 1. The van der Waals surface area contributed by atoms with Crippen LogP contribution in [0.3, 0.4) is 0 Å². The zero-order valence-corrected chi connectivity index (χ0v) is 16.9. The van der Waals surface area contributed by atoms with E-state index in [1.807, 2.05) is 39.0 Å². The van der Waals surface area contributed by atoms with Crippen LogP contribution in [0.2, 0.25) is 5.02 Å². The molecule has 0 fully saturated rings. The van der Waals surface area contributed by atoms with Crippen LogP contribution in [0.4, 0.5) is 5.69 Å². The van der Waals surface area contributed by atoms with E-state index < -0.39 is 0 Å². The second kappa shape index (κ2) is 9.33. The number of aryl methyl sites for hydroxylation is 1. The average molecular weight is 390 g/mol. The second-order valence-electron chi connectivity index (χ2n) is 6.20. The van der Waals surface area contributed by atoms with Gasteiger partial charge in [0.15, 0.2) is 11.5 Å². The summed E-state index contributed by atoms with van der Waals surface area (Å²) < 4.78 is 16.1. The Morgan fingerprint density at radius 2 is 1.89 bits per heavy atom. The second-order valence-corrected chi connectivity index (χ2v) is 6.61. The molecule has 0 saturated heterocycles. The van der Waals surface area contributed by atoms with Crippen molar-refractivity contribution in [1.29, 1.82) is 0 Å². The zero-order valence-electron chi connectivity index (χ0n) is 16.1. The van der Waals surface area contributed by atoms with Crippen molar-refractivity contribution < 1.29 is 19.0 Å². The van der Waals surface area contributed by atoms with Gasteiger partial charge in [-0.25, -0.2) is 0 Å². The molecule has 1 N–H and O–H groups in total. The monoisotopic (exact) mass is 389 g/mol. The number of anilines is 1. The highest BCUT2D eigenvalue weighted by Crippen LogP contribution is 2.36. The molecule has 0 heterocycles. The number of halogens is 1. The van der Waals surface area contributed by atoms with E-state index in [1.54, 1.807) is 18.2 Å². The highest BCUT2D eigenvalue weighted by Gasteiger charge is 2.10. The summed E-state index contributed by atoms with van der Waals surface area (Å²) in [6.45, 7) is 5.85. The molecule has 2 aromatic carbocycles. The average Bonchev–Trinajstić information content (AvgIpc) is 2.61. The van der Waals surface area contributed by atoms with Crippen LogP contribution in [0.5, 0.6) is 17.2 Å². The summed E-state index contributed by atoms with van der Waals surface area (Å²) in [4.78, 5) is 12.2. The number of ether oxygens (including phenoxy) is 3. The summed E-state index contributed by atoms with van der Waals surface area (Å²) >= 11 is 6.18. The number of hydrogen-bond donors (Lipinski definition) is 1. The molecule has 0 atom stereocenters. The van der Waals surface area contributed by atoms with Crippen LogP contribution in [0.15, 0.2) is 36.4 Å². The molecule has 144 valence electrons. The van der Waals surface area contributed by atoms with Crippen LogP contribution >= 0.6 is 11.6 Å². The largest absolute Gasteiger partial charge is 0.493 e. The van der Waals surface area contributed by atoms with E-state index in [1.165, 1.54) is 20.3 Å². The maximum Gasteiger partial charge on any atom is 0.248 e. The van der Waals surface area contributed by atoms with Crippen LogP contribution in [-0.2, 0) is 4.79 Å². The smallest absolute Gasteiger partial charge is 0.248 e. The Labute approximate surface area is 164 Å². The highest BCUT2D eigenvalue weighted by atomic mass is 35.5. The van der Waals surface area contributed by atoms with Gasteiger partial charge in [-0.05, 0) is 68.3 Å². The normalized spacial score (nSPS) is 10.9. The number of methoxy groups -OCH3 is 2. The Morgan fingerprint density at radius 1 is 1.15 bits per heavy atom. The molecule has 0 aromatic heterocycles. The predicted octanol–water partition coefficient (Wildman–Crippen LogP) is 5.10. The Balaban J connectivity index is 2.10. The van der Waals surface area contributed by atoms with Crippen molar-refractivity contribution in [2.24, 2.45) is 0 Å². The molecule has 5 nitrogen and oxygen atoms in total. The van der Waals surface area contributed by atoms with Gasteiger partial charge in [0.1, 0.15) is 5.75 Å². The number of hydrogen-bond acceptors (Lipinski definition) is 4. The van der Waals surface area contributed by atoms with Crippen molar-refractivity contribution in [3.05, 3.63) is 52.6 Å². The lowest BCUT2D eigenvalue weighted by Crippen LogP contribution is -2.10. The lowest BCUT2D eigenvalue weighted by Gasteiger charge is -2.12. The van der Waals surface area contributed by atoms with E-state index >= 15 is 0 Å². The Bertz CT molecular complexity index is 846. The Hall–Kier alpha value is -2.66. The fourth-order valence-corrected chi connectivity index (χ4v) is 2.80. The molecule has 0 saturated carbocycles. The topological polar surface area (TPSA) is 56.8 Å². The van der Waals surface area contributed by atoms with Crippen molar-refractivity contribution >= 4 is 29.3 Å². The Morgan fingerprint density at radius 3 is 2.48 bits per heavy atom. The lowest BCUT2D eigenvalue weighted by molar-refractivity contribution is -0.111. The summed E-state index contributed by atoms with van der Waals surface area (Å²) in [5.74, 6) is 1.49. The molecule has 27 heavy (non-hydrogen) atoms. The minimum atomic E-state index is -0.249. The maximum atomic E-state index is 12.2. The van der Waals surface area contributed by atoms with Crippen LogP contribution < -0.4 is 19.5 Å². The number of nitrogens with one attached hydrogen (secondary N) is 1. The van der Waals surface area contributed by atoms with Gasteiger partial charge >= 0.3 is 0 Å². The molecule has 1 amide bonds. The van der Waals surface area contributed by atoms with Crippen molar-refractivity contribution in [2.45, 2.75) is 26.9 Å². The summed E-state index contributed by atoms with van der Waals surface area (Å²) in [7, 11) is 3.05. The molecular formula is C21H24ClNO4.